The predicted octanol–water partition coefficient (Wildman–Crippen LogP) is 2.51. The van der Waals surface area contributed by atoms with Gasteiger partial charge in [-0.25, -0.2) is 0 Å². The highest BCUT2D eigenvalue weighted by molar-refractivity contribution is 5.76. The Morgan fingerprint density at radius 2 is 1.84 bits per heavy atom. The molecule has 1 aliphatic rings. The summed E-state index contributed by atoms with van der Waals surface area (Å²) in [5.41, 5.74) is 6.51. The van der Waals surface area contributed by atoms with Crippen molar-refractivity contribution < 1.29 is 9.63 Å². The molecule has 1 N–H and O–H groups in total. The molecule has 0 saturated heterocycles. The highest BCUT2D eigenvalue weighted by Gasteiger charge is 2.18. The number of hydrogen-bond acceptors (Lipinski definition) is 4. The molecule has 1 unspecified atom stereocenters. The zero-order valence-corrected chi connectivity index (χ0v) is 10.1. The molecule has 94 valence electrons. The van der Waals surface area contributed by atoms with Crippen molar-refractivity contribution >= 4 is 12.0 Å². The van der Waals surface area contributed by atoms with Crippen molar-refractivity contribution in [3.63, 3.8) is 0 Å². The molecule has 0 bridgehead atoms. The van der Waals surface area contributed by atoms with Crippen LogP contribution in [0, 0.1) is 0 Å². The summed E-state index contributed by atoms with van der Waals surface area (Å²) in [6, 6.07) is 11.2. The number of nitrogens with one attached hydrogen (secondary N) is 1. The maximum atomic E-state index is 10.6. The van der Waals surface area contributed by atoms with Crippen molar-refractivity contribution in [3.8, 4) is 0 Å². The third-order valence-corrected chi connectivity index (χ3v) is 3.01. The molecule has 0 amide bonds. The number of hydrogen-bond donors (Lipinski definition) is 1. The molecule has 4 nitrogen and oxygen atoms in total. The normalized spacial score (nSPS) is 17.7. The molecule has 0 fully saturated rings. The summed E-state index contributed by atoms with van der Waals surface area (Å²) < 4.78 is 0. The minimum absolute atomic E-state index is 0.122. The second-order valence-electron chi connectivity index (χ2n) is 4.24. The van der Waals surface area contributed by atoms with E-state index in [0.717, 1.165) is 23.1 Å². The molecule has 0 saturated carbocycles. The number of aromatic nitrogens is 1. The lowest BCUT2D eigenvalue weighted by atomic mass is 10.1. The third-order valence-electron chi connectivity index (χ3n) is 3.01. The maximum absolute atomic E-state index is 10.6. The van der Waals surface area contributed by atoms with E-state index >= 15 is 0 Å². The summed E-state index contributed by atoms with van der Waals surface area (Å²) in [7, 11) is 0. The van der Waals surface area contributed by atoms with Gasteiger partial charge in [-0.05, 0) is 29.3 Å². The van der Waals surface area contributed by atoms with E-state index in [1.54, 1.807) is 24.5 Å². The Morgan fingerprint density at radius 3 is 2.53 bits per heavy atom. The van der Waals surface area contributed by atoms with Crippen molar-refractivity contribution in [1.82, 2.24) is 10.5 Å². The summed E-state index contributed by atoms with van der Waals surface area (Å²) >= 11 is 0. The number of pyridine rings is 1. The number of benzene rings is 1. The van der Waals surface area contributed by atoms with E-state index in [0.29, 0.717) is 5.56 Å². The van der Waals surface area contributed by atoms with Crippen LogP contribution in [0.15, 0.2) is 54.9 Å². The van der Waals surface area contributed by atoms with Crippen LogP contribution in [0.1, 0.15) is 27.6 Å². The average molecular weight is 252 g/mol. The number of hydroxylamine groups is 1. The molecule has 1 aliphatic heterocycles. The van der Waals surface area contributed by atoms with E-state index in [-0.39, 0.29) is 6.10 Å². The van der Waals surface area contributed by atoms with Crippen molar-refractivity contribution in [2.24, 2.45) is 0 Å². The molecule has 0 spiro atoms. The quantitative estimate of drug-likeness (QED) is 0.853. The van der Waals surface area contributed by atoms with Crippen molar-refractivity contribution in [2.45, 2.75) is 6.10 Å². The molecular weight excluding hydrogens is 240 g/mol. The van der Waals surface area contributed by atoms with Crippen LogP contribution in [-0.2, 0) is 4.84 Å². The van der Waals surface area contributed by atoms with Crippen molar-refractivity contribution in [2.75, 3.05) is 0 Å². The van der Waals surface area contributed by atoms with Crippen molar-refractivity contribution in [1.29, 1.82) is 0 Å². The molecule has 3 rings (SSSR count). The number of carbonyl (C=O) groups is 1. The first-order chi connectivity index (χ1) is 9.36. The molecule has 4 heteroatoms. The Labute approximate surface area is 110 Å². The van der Waals surface area contributed by atoms with Gasteiger partial charge in [-0.1, -0.05) is 24.3 Å². The lowest BCUT2D eigenvalue weighted by molar-refractivity contribution is 0.0510. The molecule has 1 aromatic heterocycles. The topological polar surface area (TPSA) is 51.2 Å². The van der Waals surface area contributed by atoms with E-state index in [9.17, 15) is 4.79 Å². The molecule has 2 heterocycles. The van der Waals surface area contributed by atoms with Gasteiger partial charge in [0, 0.05) is 18.0 Å². The second-order valence-corrected chi connectivity index (χ2v) is 4.24. The fourth-order valence-electron chi connectivity index (χ4n) is 1.96. The zero-order chi connectivity index (χ0) is 13.1. The highest BCUT2D eigenvalue weighted by atomic mass is 16.7. The van der Waals surface area contributed by atoms with Crippen LogP contribution in [0.5, 0.6) is 0 Å². The van der Waals surface area contributed by atoms with Crippen LogP contribution in [0.2, 0.25) is 0 Å². The van der Waals surface area contributed by atoms with Gasteiger partial charge in [-0.15, -0.1) is 0 Å². The van der Waals surface area contributed by atoms with E-state index < -0.39 is 0 Å². The summed E-state index contributed by atoms with van der Waals surface area (Å²) in [6.45, 7) is 0. The van der Waals surface area contributed by atoms with Crippen LogP contribution in [0.4, 0.5) is 0 Å². The first kappa shape index (κ1) is 11.6. The number of nitrogens with zero attached hydrogens (tertiary/aromatic N) is 1. The molecule has 0 radical (unpaired) electrons. The zero-order valence-electron chi connectivity index (χ0n) is 10.1. The first-order valence-corrected chi connectivity index (χ1v) is 5.96. The van der Waals surface area contributed by atoms with Gasteiger partial charge >= 0.3 is 0 Å². The average Bonchev–Trinajstić information content (AvgIpc) is 2.98. The Morgan fingerprint density at radius 1 is 1.11 bits per heavy atom. The maximum Gasteiger partial charge on any atom is 0.150 e. The number of aldehydes is 1. The second kappa shape index (κ2) is 5.04. The van der Waals surface area contributed by atoms with E-state index in [1.165, 1.54) is 0 Å². The van der Waals surface area contributed by atoms with Gasteiger partial charge in [0.1, 0.15) is 12.4 Å². The SMILES string of the molecule is O=Cc1ccc(C2=CC(c3ccncc3)ON2)cc1. The first-order valence-electron chi connectivity index (χ1n) is 5.96. The molecule has 2 aromatic rings. The number of carbonyl (C=O) groups excluding carboxylic acids is 1. The monoisotopic (exact) mass is 252 g/mol. The molecule has 1 aromatic carbocycles. The van der Waals surface area contributed by atoms with Crippen LogP contribution in [-0.4, -0.2) is 11.3 Å². The summed E-state index contributed by atoms with van der Waals surface area (Å²) in [4.78, 5) is 20.1. The molecule has 1 atom stereocenters. The van der Waals surface area contributed by atoms with Crippen LogP contribution >= 0.6 is 0 Å². The standard InChI is InChI=1S/C15H12N2O2/c18-10-11-1-3-12(4-2-11)14-9-15(19-17-14)13-5-7-16-8-6-13/h1-10,15,17H. The van der Waals surface area contributed by atoms with Gasteiger partial charge in [-0.2, -0.15) is 0 Å². The summed E-state index contributed by atoms with van der Waals surface area (Å²) in [5, 5.41) is 0. The minimum atomic E-state index is -0.122. The lowest BCUT2D eigenvalue weighted by Gasteiger charge is -2.06. The molecular formula is C15H12N2O2. The Balaban J connectivity index is 1.84. The van der Waals surface area contributed by atoms with Crippen LogP contribution < -0.4 is 5.48 Å². The van der Waals surface area contributed by atoms with Crippen LogP contribution in [0.3, 0.4) is 0 Å². The Hall–Kier alpha value is -2.46. The van der Waals surface area contributed by atoms with Crippen LogP contribution in [0.25, 0.3) is 5.70 Å². The Bertz CT molecular complexity index is 606. The Kier molecular flexibility index (Phi) is 3.08. The smallest absolute Gasteiger partial charge is 0.150 e. The van der Waals surface area contributed by atoms with Gasteiger partial charge in [0.15, 0.2) is 0 Å². The molecule has 0 aliphatic carbocycles. The molecule has 19 heavy (non-hydrogen) atoms. The fraction of sp³-hybridized carbons (Fsp3) is 0.0667. The summed E-state index contributed by atoms with van der Waals surface area (Å²) in [5.74, 6) is 0. The summed E-state index contributed by atoms with van der Waals surface area (Å²) in [6.07, 6.45) is 6.19. The van der Waals surface area contributed by atoms with E-state index in [2.05, 4.69) is 10.5 Å². The minimum Gasteiger partial charge on any atom is -0.298 e. The predicted molar refractivity (Wildman–Crippen MR) is 71.0 cm³/mol. The largest absolute Gasteiger partial charge is 0.298 e. The van der Waals surface area contributed by atoms with Gasteiger partial charge in [0.05, 0.1) is 5.70 Å². The third kappa shape index (κ3) is 2.39. The van der Waals surface area contributed by atoms with Gasteiger partial charge < -0.3 is 0 Å². The lowest BCUT2D eigenvalue weighted by Crippen LogP contribution is -2.07. The van der Waals surface area contributed by atoms with E-state index in [1.807, 2.05) is 30.3 Å². The van der Waals surface area contributed by atoms with Gasteiger partial charge in [0.25, 0.3) is 0 Å². The fourth-order valence-corrected chi connectivity index (χ4v) is 1.96. The van der Waals surface area contributed by atoms with Gasteiger partial charge in [0.2, 0.25) is 0 Å². The number of rotatable bonds is 3. The highest BCUT2D eigenvalue weighted by Crippen LogP contribution is 2.27. The van der Waals surface area contributed by atoms with Crippen molar-refractivity contribution in [3.05, 3.63) is 71.6 Å². The van der Waals surface area contributed by atoms with Gasteiger partial charge in [-0.3, -0.25) is 20.1 Å². The van der Waals surface area contributed by atoms with E-state index in [4.69, 9.17) is 4.84 Å².